The first-order valence-electron chi connectivity index (χ1n) is 6.19. The van der Waals surface area contributed by atoms with E-state index in [1.165, 1.54) is 6.20 Å². The average molecular weight is 281 g/mol. The minimum absolute atomic E-state index is 0.0245. The third kappa shape index (κ3) is 2.42. The first-order chi connectivity index (χ1) is 8.95. The molecular weight excluding hydrogens is 264 g/mol. The number of aryl methyl sites for hydroxylation is 3. The van der Waals surface area contributed by atoms with Gasteiger partial charge in [0.25, 0.3) is 0 Å². The van der Waals surface area contributed by atoms with Crippen molar-refractivity contribution in [3.8, 4) is 0 Å². The predicted octanol–water partition coefficient (Wildman–Crippen LogP) is 2.33. The molecule has 19 heavy (non-hydrogen) atoms. The van der Waals surface area contributed by atoms with Crippen LogP contribution < -0.4 is 0 Å². The zero-order chi connectivity index (χ0) is 14.2. The smallest absolute Gasteiger partial charge is 0.186 e. The van der Waals surface area contributed by atoms with Gasteiger partial charge in [-0.3, -0.25) is 14.2 Å². The second-order valence-corrected chi connectivity index (χ2v) is 4.94. The molecule has 0 radical (unpaired) electrons. The molecule has 2 rings (SSSR count). The van der Waals surface area contributed by atoms with Crippen molar-refractivity contribution >= 4 is 17.4 Å². The van der Waals surface area contributed by atoms with Crippen LogP contribution in [0.5, 0.6) is 0 Å². The predicted molar refractivity (Wildman–Crippen MR) is 73.6 cm³/mol. The highest BCUT2D eigenvalue weighted by atomic mass is 35.5. The summed E-state index contributed by atoms with van der Waals surface area (Å²) < 4.78 is 3.42. The van der Waals surface area contributed by atoms with E-state index in [0.29, 0.717) is 23.7 Å². The van der Waals surface area contributed by atoms with Crippen LogP contribution in [0.3, 0.4) is 0 Å². The lowest BCUT2D eigenvalue weighted by Gasteiger charge is -2.05. The molecule has 2 aromatic rings. The molecule has 0 fully saturated rings. The molecule has 0 N–H and O–H groups in total. The van der Waals surface area contributed by atoms with Crippen molar-refractivity contribution in [3.05, 3.63) is 33.9 Å². The lowest BCUT2D eigenvalue weighted by Crippen LogP contribution is -2.13. The number of halogens is 1. The van der Waals surface area contributed by atoms with Gasteiger partial charge in [0.05, 0.1) is 16.9 Å². The summed E-state index contributed by atoms with van der Waals surface area (Å²) in [4.78, 5) is 12.4. The zero-order valence-electron chi connectivity index (χ0n) is 11.6. The fraction of sp³-hybridized carbons (Fsp3) is 0.462. The van der Waals surface area contributed by atoms with Crippen molar-refractivity contribution in [1.29, 1.82) is 0 Å². The first kappa shape index (κ1) is 13.8. The fourth-order valence-electron chi connectivity index (χ4n) is 2.20. The van der Waals surface area contributed by atoms with Crippen LogP contribution >= 0.6 is 11.6 Å². The summed E-state index contributed by atoms with van der Waals surface area (Å²) in [6.45, 7) is 6.43. The van der Waals surface area contributed by atoms with Crippen LogP contribution in [0.15, 0.2) is 6.20 Å². The van der Waals surface area contributed by atoms with E-state index in [1.807, 2.05) is 27.8 Å². The van der Waals surface area contributed by atoms with Crippen molar-refractivity contribution in [1.82, 2.24) is 19.6 Å². The zero-order valence-corrected chi connectivity index (χ0v) is 12.3. The van der Waals surface area contributed by atoms with Gasteiger partial charge in [0.1, 0.15) is 5.69 Å². The number of ketones is 1. The van der Waals surface area contributed by atoms with Crippen molar-refractivity contribution in [3.63, 3.8) is 0 Å². The van der Waals surface area contributed by atoms with Gasteiger partial charge < -0.3 is 0 Å². The molecule has 0 aliphatic rings. The van der Waals surface area contributed by atoms with Crippen LogP contribution in [0.4, 0.5) is 0 Å². The number of hydrogen-bond acceptors (Lipinski definition) is 3. The molecule has 0 bridgehead atoms. The van der Waals surface area contributed by atoms with E-state index >= 15 is 0 Å². The highest BCUT2D eigenvalue weighted by Gasteiger charge is 2.20. The van der Waals surface area contributed by atoms with E-state index in [2.05, 4.69) is 10.2 Å². The Hall–Kier alpha value is -1.62. The molecular formula is C13H17ClN4O. The fourth-order valence-corrected chi connectivity index (χ4v) is 2.44. The first-order valence-corrected chi connectivity index (χ1v) is 6.57. The highest BCUT2D eigenvalue weighted by molar-refractivity contribution is 6.33. The highest BCUT2D eigenvalue weighted by Crippen LogP contribution is 2.20. The Morgan fingerprint density at radius 2 is 2.11 bits per heavy atom. The normalized spacial score (nSPS) is 11.0. The van der Waals surface area contributed by atoms with Crippen LogP contribution in [0.1, 0.15) is 34.4 Å². The quantitative estimate of drug-likeness (QED) is 0.808. The van der Waals surface area contributed by atoms with Gasteiger partial charge in [-0.2, -0.15) is 10.2 Å². The molecule has 5 nitrogen and oxygen atoms in total. The van der Waals surface area contributed by atoms with Gasteiger partial charge in [-0.15, -0.1) is 0 Å². The molecule has 2 heterocycles. The number of carbonyl (C=O) groups excluding carboxylic acids is 1. The molecule has 102 valence electrons. The third-order valence-electron chi connectivity index (χ3n) is 3.35. The van der Waals surface area contributed by atoms with E-state index in [4.69, 9.17) is 11.6 Å². The Morgan fingerprint density at radius 3 is 2.63 bits per heavy atom. The van der Waals surface area contributed by atoms with Gasteiger partial charge in [-0.25, -0.2) is 0 Å². The Kier molecular flexibility index (Phi) is 3.75. The molecule has 0 unspecified atom stereocenters. The summed E-state index contributed by atoms with van der Waals surface area (Å²) in [5, 5.41) is 8.82. The minimum atomic E-state index is -0.0245. The number of Topliss-reactive ketones (excluding diaryl/α,β-unsaturated/α-hetero) is 1. The van der Waals surface area contributed by atoms with Crippen LogP contribution in [0.25, 0.3) is 0 Å². The van der Waals surface area contributed by atoms with Crippen molar-refractivity contribution < 1.29 is 4.79 Å². The van der Waals surface area contributed by atoms with Crippen molar-refractivity contribution in [2.24, 2.45) is 7.05 Å². The van der Waals surface area contributed by atoms with Crippen LogP contribution in [-0.2, 0) is 20.0 Å². The minimum Gasteiger partial charge on any atom is -0.292 e. The molecule has 0 aliphatic heterocycles. The maximum absolute atomic E-state index is 12.4. The molecule has 0 amide bonds. The number of aromatic nitrogens is 4. The Labute approximate surface area is 117 Å². The van der Waals surface area contributed by atoms with Gasteiger partial charge in [-0.05, 0) is 20.8 Å². The SMILES string of the molecule is CCn1ncc(Cl)c1C(=O)Cc1c(C)nn(C)c1C. The summed E-state index contributed by atoms with van der Waals surface area (Å²) in [7, 11) is 1.87. The van der Waals surface area contributed by atoms with E-state index in [0.717, 1.165) is 17.0 Å². The summed E-state index contributed by atoms with van der Waals surface area (Å²) in [6, 6.07) is 0. The lowest BCUT2D eigenvalue weighted by atomic mass is 10.1. The second kappa shape index (κ2) is 5.17. The largest absolute Gasteiger partial charge is 0.292 e. The molecule has 0 aliphatic carbocycles. The molecule has 0 saturated heterocycles. The Bertz CT molecular complexity index is 627. The van der Waals surface area contributed by atoms with Gasteiger partial charge in [0.2, 0.25) is 0 Å². The number of hydrogen-bond donors (Lipinski definition) is 0. The number of nitrogens with zero attached hydrogens (tertiary/aromatic N) is 4. The summed E-state index contributed by atoms with van der Waals surface area (Å²) in [6.07, 6.45) is 1.82. The van der Waals surface area contributed by atoms with Gasteiger partial charge in [0, 0.05) is 31.3 Å². The molecule has 6 heteroatoms. The van der Waals surface area contributed by atoms with Crippen LogP contribution in [0, 0.1) is 13.8 Å². The second-order valence-electron chi connectivity index (χ2n) is 4.53. The average Bonchev–Trinajstić information content (AvgIpc) is 2.85. The molecule has 2 aromatic heterocycles. The monoisotopic (exact) mass is 280 g/mol. The van der Waals surface area contributed by atoms with Crippen LogP contribution in [0.2, 0.25) is 5.02 Å². The standard InChI is InChI=1S/C13H17ClN4O/c1-5-18-13(11(14)7-15-18)12(19)6-10-8(2)16-17(4)9(10)3/h7H,5-6H2,1-4H3. The topological polar surface area (TPSA) is 52.7 Å². The molecule has 0 aromatic carbocycles. The van der Waals surface area contributed by atoms with E-state index < -0.39 is 0 Å². The summed E-state index contributed by atoms with van der Waals surface area (Å²) in [5.74, 6) is -0.0245. The summed E-state index contributed by atoms with van der Waals surface area (Å²) >= 11 is 6.04. The lowest BCUT2D eigenvalue weighted by molar-refractivity contribution is 0.0982. The van der Waals surface area contributed by atoms with Gasteiger partial charge >= 0.3 is 0 Å². The van der Waals surface area contributed by atoms with Crippen molar-refractivity contribution in [2.45, 2.75) is 33.7 Å². The van der Waals surface area contributed by atoms with E-state index in [-0.39, 0.29) is 5.78 Å². The van der Waals surface area contributed by atoms with Gasteiger partial charge in [0.15, 0.2) is 5.78 Å². The van der Waals surface area contributed by atoms with Gasteiger partial charge in [-0.1, -0.05) is 11.6 Å². The molecule has 0 saturated carbocycles. The van der Waals surface area contributed by atoms with E-state index in [9.17, 15) is 4.79 Å². The Morgan fingerprint density at radius 1 is 1.42 bits per heavy atom. The molecule has 0 atom stereocenters. The maximum atomic E-state index is 12.4. The number of carbonyl (C=O) groups is 1. The van der Waals surface area contributed by atoms with Crippen molar-refractivity contribution in [2.75, 3.05) is 0 Å². The van der Waals surface area contributed by atoms with Crippen LogP contribution in [-0.4, -0.2) is 25.3 Å². The third-order valence-corrected chi connectivity index (χ3v) is 3.63. The number of rotatable bonds is 4. The molecule has 0 spiro atoms. The Balaban J connectivity index is 2.33. The summed E-state index contributed by atoms with van der Waals surface area (Å²) in [5.41, 5.74) is 3.33. The maximum Gasteiger partial charge on any atom is 0.186 e. The van der Waals surface area contributed by atoms with E-state index in [1.54, 1.807) is 9.36 Å².